The molecule has 0 saturated heterocycles. The van der Waals surface area contributed by atoms with Gasteiger partial charge in [0.05, 0.1) is 11.5 Å². The van der Waals surface area contributed by atoms with Crippen molar-refractivity contribution in [2.45, 2.75) is 17.9 Å². The van der Waals surface area contributed by atoms with Crippen molar-refractivity contribution >= 4 is 21.6 Å². The lowest BCUT2D eigenvalue weighted by molar-refractivity contribution is -0.118. The fourth-order valence-electron chi connectivity index (χ4n) is 1.64. The Morgan fingerprint density at radius 2 is 2.05 bits per heavy atom. The van der Waals surface area contributed by atoms with Gasteiger partial charge in [-0.2, -0.15) is 0 Å². The number of rotatable bonds is 6. The first-order chi connectivity index (χ1) is 9.70. The minimum absolute atomic E-state index is 0.0839. The number of hydrogen-bond donors (Lipinski definition) is 2. The summed E-state index contributed by atoms with van der Waals surface area (Å²) >= 11 is 0. The molecule has 8 heteroatoms. The second kappa shape index (κ2) is 6.99. The molecule has 0 fully saturated rings. The maximum atomic E-state index is 12.2. The highest BCUT2D eigenvalue weighted by Gasteiger charge is 2.21. The first kappa shape index (κ1) is 17.6. The van der Waals surface area contributed by atoms with Crippen molar-refractivity contribution in [3.8, 4) is 0 Å². The summed E-state index contributed by atoms with van der Waals surface area (Å²) in [6.45, 7) is 1.78. The molecular weight excluding hydrogens is 294 g/mol. The third kappa shape index (κ3) is 4.24. The van der Waals surface area contributed by atoms with E-state index in [2.05, 4.69) is 5.32 Å². The summed E-state index contributed by atoms with van der Waals surface area (Å²) in [7, 11) is 0.781. The first-order valence-electron chi connectivity index (χ1n) is 6.28. The Kier molecular flexibility index (Phi) is 5.85. The van der Waals surface area contributed by atoms with E-state index in [1.54, 1.807) is 19.1 Å². The highest BCUT2D eigenvalue weighted by atomic mass is 32.2. The normalized spacial score (nSPS) is 13.2. The van der Waals surface area contributed by atoms with Crippen LogP contribution in [-0.2, 0) is 19.6 Å². The summed E-state index contributed by atoms with van der Waals surface area (Å²) < 4.78 is 30.3. The lowest BCUT2D eigenvalue weighted by Crippen LogP contribution is -2.39. The number of carbonyl (C=O) groups excluding carboxylic acids is 1. The van der Waals surface area contributed by atoms with Gasteiger partial charge in [-0.1, -0.05) is 6.07 Å². The quantitative estimate of drug-likeness (QED) is 0.778. The second-order valence-electron chi connectivity index (χ2n) is 4.82. The lowest BCUT2D eigenvalue weighted by atomic mass is 10.2. The van der Waals surface area contributed by atoms with Gasteiger partial charge >= 0.3 is 0 Å². The van der Waals surface area contributed by atoms with Gasteiger partial charge in [0.1, 0.15) is 6.04 Å². The lowest BCUT2D eigenvalue weighted by Gasteiger charge is -2.16. The van der Waals surface area contributed by atoms with Gasteiger partial charge in [-0.05, 0) is 24.6 Å². The van der Waals surface area contributed by atoms with Crippen molar-refractivity contribution in [3.05, 3.63) is 23.8 Å². The van der Waals surface area contributed by atoms with E-state index in [4.69, 9.17) is 10.5 Å². The zero-order valence-corrected chi connectivity index (χ0v) is 13.4. The minimum Gasteiger partial charge on any atom is -0.383 e. The Morgan fingerprint density at radius 3 is 2.57 bits per heavy atom. The molecule has 0 aromatic heterocycles. The molecule has 0 aliphatic heterocycles. The minimum atomic E-state index is -3.57. The number of amides is 1. The Morgan fingerprint density at radius 1 is 1.43 bits per heavy atom. The number of sulfonamides is 1. The predicted molar refractivity (Wildman–Crippen MR) is 80.5 cm³/mol. The van der Waals surface area contributed by atoms with Crippen LogP contribution in [0.2, 0.25) is 0 Å². The fourth-order valence-corrected chi connectivity index (χ4v) is 2.79. The molecule has 0 bridgehead atoms. The monoisotopic (exact) mass is 315 g/mol. The van der Waals surface area contributed by atoms with Gasteiger partial charge in [-0.15, -0.1) is 0 Å². The van der Waals surface area contributed by atoms with Crippen LogP contribution >= 0.6 is 0 Å². The molecule has 118 valence electrons. The van der Waals surface area contributed by atoms with Crippen LogP contribution in [0.5, 0.6) is 0 Å². The summed E-state index contributed by atoms with van der Waals surface area (Å²) in [6.07, 6.45) is 0. The number of ether oxygens (including phenoxy) is 1. The number of hydrogen-bond acceptors (Lipinski definition) is 5. The second-order valence-corrected chi connectivity index (χ2v) is 6.94. The van der Waals surface area contributed by atoms with Crippen molar-refractivity contribution < 1.29 is 17.9 Å². The van der Waals surface area contributed by atoms with E-state index in [-0.39, 0.29) is 11.5 Å². The average molecular weight is 315 g/mol. The molecule has 1 unspecified atom stereocenters. The van der Waals surface area contributed by atoms with E-state index in [0.717, 1.165) is 4.31 Å². The zero-order valence-electron chi connectivity index (χ0n) is 12.6. The van der Waals surface area contributed by atoms with Crippen LogP contribution in [0.15, 0.2) is 23.1 Å². The van der Waals surface area contributed by atoms with E-state index >= 15 is 0 Å². The SMILES string of the molecule is COCC(N)C(=O)Nc1ccc(C)c(S(=O)(=O)N(C)C)c1. The fraction of sp³-hybridized carbons (Fsp3) is 0.462. The molecule has 7 nitrogen and oxygen atoms in total. The maximum absolute atomic E-state index is 12.2. The van der Waals surface area contributed by atoms with Crippen molar-refractivity contribution in [2.24, 2.45) is 5.73 Å². The Bertz CT molecular complexity index is 614. The number of aryl methyl sites for hydroxylation is 1. The van der Waals surface area contributed by atoms with E-state index in [0.29, 0.717) is 11.3 Å². The van der Waals surface area contributed by atoms with Crippen molar-refractivity contribution in [1.29, 1.82) is 0 Å². The van der Waals surface area contributed by atoms with Gasteiger partial charge in [-0.3, -0.25) is 4.79 Å². The third-order valence-electron chi connectivity index (χ3n) is 2.90. The number of nitrogens with zero attached hydrogens (tertiary/aromatic N) is 1. The van der Waals surface area contributed by atoms with E-state index in [1.165, 1.54) is 27.3 Å². The highest BCUT2D eigenvalue weighted by Crippen LogP contribution is 2.22. The number of nitrogens with two attached hydrogens (primary N) is 1. The molecule has 1 rings (SSSR count). The molecule has 0 heterocycles. The molecule has 1 aromatic rings. The standard InChI is InChI=1S/C13H21N3O4S/c1-9-5-6-10(15-13(17)11(14)8-20-4)7-12(9)21(18,19)16(2)3/h5-7,11H,8,14H2,1-4H3,(H,15,17). The topological polar surface area (TPSA) is 102 Å². The molecule has 0 saturated carbocycles. The number of nitrogens with one attached hydrogen (secondary N) is 1. The first-order valence-corrected chi connectivity index (χ1v) is 7.72. The molecule has 0 aliphatic carbocycles. The predicted octanol–water partition coefficient (Wildman–Crippen LogP) is 0.158. The smallest absolute Gasteiger partial charge is 0.243 e. The van der Waals surface area contributed by atoms with Crippen LogP contribution in [-0.4, -0.2) is 52.5 Å². The summed E-state index contributed by atoms with van der Waals surface area (Å²) in [5, 5.41) is 2.58. The molecule has 1 aromatic carbocycles. The molecule has 1 amide bonds. The molecule has 21 heavy (non-hydrogen) atoms. The zero-order chi connectivity index (χ0) is 16.2. The van der Waals surface area contributed by atoms with Gasteiger partial charge in [0.15, 0.2) is 0 Å². The summed E-state index contributed by atoms with van der Waals surface area (Å²) in [5.74, 6) is -0.436. The van der Waals surface area contributed by atoms with Crippen LogP contribution in [0.4, 0.5) is 5.69 Å². The number of benzene rings is 1. The molecular formula is C13H21N3O4S. The van der Waals surface area contributed by atoms with Gasteiger partial charge in [0, 0.05) is 26.9 Å². The number of methoxy groups -OCH3 is 1. The Labute approximate surface area is 125 Å². The van der Waals surface area contributed by atoms with Crippen LogP contribution in [0.25, 0.3) is 0 Å². The largest absolute Gasteiger partial charge is 0.383 e. The van der Waals surface area contributed by atoms with Crippen molar-refractivity contribution in [3.63, 3.8) is 0 Å². The van der Waals surface area contributed by atoms with Gasteiger partial charge in [0.25, 0.3) is 0 Å². The average Bonchev–Trinajstić information content (AvgIpc) is 2.40. The highest BCUT2D eigenvalue weighted by molar-refractivity contribution is 7.89. The van der Waals surface area contributed by atoms with Crippen molar-refractivity contribution in [2.75, 3.05) is 33.1 Å². The molecule has 3 N–H and O–H groups in total. The van der Waals surface area contributed by atoms with Gasteiger partial charge in [-0.25, -0.2) is 12.7 Å². The molecule has 0 radical (unpaired) electrons. The summed E-state index contributed by atoms with van der Waals surface area (Å²) in [5.41, 5.74) is 6.59. The Balaban J connectivity index is 3.06. The van der Waals surface area contributed by atoms with Crippen LogP contribution < -0.4 is 11.1 Å². The van der Waals surface area contributed by atoms with E-state index in [1.807, 2.05) is 0 Å². The van der Waals surface area contributed by atoms with Gasteiger partial charge in [0.2, 0.25) is 15.9 Å². The van der Waals surface area contributed by atoms with Crippen LogP contribution in [0.1, 0.15) is 5.56 Å². The summed E-state index contributed by atoms with van der Waals surface area (Å²) in [4.78, 5) is 12.0. The van der Waals surface area contributed by atoms with Crippen LogP contribution in [0, 0.1) is 6.92 Å². The van der Waals surface area contributed by atoms with Crippen molar-refractivity contribution in [1.82, 2.24) is 4.31 Å². The maximum Gasteiger partial charge on any atom is 0.243 e. The number of carbonyl (C=O) groups is 1. The third-order valence-corrected chi connectivity index (χ3v) is 4.85. The molecule has 0 aliphatic rings. The number of anilines is 1. The summed E-state index contributed by atoms with van der Waals surface area (Å²) in [6, 6.07) is 3.86. The molecule has 0 spiro atoms. The Hall–Kier alpha value is -1.48. The van der Waals surface area contributed by atoms with Crippen LogP contribution in [0.3, 0.4) is 0 Å². The van der Waals surface area contributed by atoms with E-state index < -0.39 is 22.0 Å². The molecule has 1 atom stereocenters. The van der Waals surface area contributed by atoms with E-state index in [9.17, 15) is 13.2 Å². The van der Waals surface area contributed by atoms with Gasteiger partial charge < -0.3 is 15.8 Å².